The number of amides is 2. The molecule has 1 saturated heterocycles. The molecule has 1 aliphatic rings. The highest BCUT2D eigenvalue weighted by Gasteiger charge is 2.35. The molecule has 164 valence electrons. The van der Waals surface area contributed by atoms with Crippen LogP contribution in [-0.2, 0) is 4.79 Å². The van der Waals surface area contributed by atoms with Crippen molar-refractivity contribution in [3.63, 3.8) is 0 Å². The quantitative estimate of drug-likeness (QED) is 0.521. The van der Waals surface area contributed by atoms with E-state index in [1.54, 1.807) is 38.5 Å². The SMILES string of the molecule is COc1ccc(OC)c(/C=C2\SC(=O)N(CCOc3cc(C)ccc3C(C)C)C2=O)c1. The van der Waals surface area contributed by atoms with E-state index in [2.05, 4.69) is 26.0 Å². The number of rotatable bonds is 8. The smallest absolute Gasteiger partial charge is 0.293 e. The monoisotopic (exact) mass is 441 g/mol. The summed E-state index contributed by atoms with van der Waals surface area (Å²) in [6.07, 6.45) is 1.66. The molecule has 2 aromatic carbocycles. The van der Waals surface area contributed by atoms with Crippen LogP contribution in [0.25, 0.3) is 6.08 Å². The van der Waals surface area contributed by atoms with Crippen LogP contribution < -0.4 is 14.2 Å². The maximum atomic E-state index is 12.8. The van der Waals surface area contributed by atoms with E-state index < -0.39 is 0 Å². The third kappa shape index (κ3) is 5.22. The predicted molar refractivity (Wildman–Crippen MR) is 123 cm³/mol. The van der Waals surface area contributed by atoms with E-state index in [1.807, 2.05) is 13.0 Å². The van der Waals surface area contributed by atoms with Crippen molar-refractivity contribution in [2.75, 3.05) is 27.4 Å². The third-order valence-electron chi connectivity index (χ3n) is 4.96. The molecular formula is C24H27NO5S. The van der Waals surface area contributed by atoms with Crippen LogP contribution in [0.3, 0.4) is 0 Å². The molecule has 0 aliphatic carbocycles. The number of aryl methyl sites for hydroxylation is 1. The zero-order chi connectivity index (χ0) is 22.5. The highest BCUT2D eigenvalue weighted by atomic mass is 32.2. The molecule has 0 saturated carbocycles. The summed E-state index contributed by atoms with van der Waals surface area (Å²) >= 11 is 0.913. The van der Waals surface area contributed by atoms with E-state index in [-0.39, 0.29) is 24.3 Å². The summed E-state index contributed by atoms with van der Waals surface area (Å²) in [5, 5.41) is -0.310. The fourth-order valence-corrected chi connectivity index (χ4v) is 4.13. The van der Waals surface area contributed by atoms with Gasteiger partial charge in [-0.3, -0.25) is 14.5 Å². The fraction of sp³-hybridized carbons (Fsp3) is 0.333. The Balaban J connectivity index is 1.72. The minimum atomic E-state index is -0.336. The van der Waals surface area contributed by atoms with Gasteiger partial charge in [-0.25, -0.2) is 0 Å². The number of imide groups is 1. The van der Waals surface area contributed by atoms with Gasteiger partial charge < -0.3 is 14.2 Å². The topological polar surface area (TPSA) is 65.1 Å². The Kier molecular flexibility index (Phi) is 7.28. The molecule has 7 heteroatoms. The number of carbonyl (C=O) groups is 2. The van der Waals surface area contributed by atoms with E-state index in [9.17, 15) is 9.59 Å². The zero-order valence-electron chi connectivity index (χ0n) is 18.4. The van der Waals surface area contributed by atoms with Crippen LogP contribution in [0.1, 0.15) is 36.5 Å². The van der Waals surface area contributed by atoms with Crippen LogP contribution in [0, 0.1) is 6.92 Å². The molecule has 2 amide bonds. The molecule has 0 unspecified atom stereocenters. The van der Waals surface area contributed by atoms with Crippen molar-refractivity contribution in [2.45, 2.75) is 26.7 Å². The fourth-order valence-electron chi connectivity index (χ4n) is 3.28. The number of carbonyl (C=O) groups excluding carboxylic acids is 2. The molecule has 0 atom stereocenters. The van der Waals surface area contributed by atoms with Crippen LogP contribution in [-0.4, -0.2) is 43.4 Å². The normalized spacial score (nSPS) is 15.2. The highest BCUT2D eigenvalue weighted by molar-refractivity contribution is 8.18. The van der Waals surface area contributed by atoms with Crippen molar-refractivity contribution in [3.8, 4) is 17.2 Å². The second-order valence-electron chi connectivity index (χ2n) is 7.49. The van der Waals surface area contributed by atoms with E-state index in [0.717, 1.165) is 28.6 Å². The van der Waals surface area contributed by atoms with Crippen molar-refractivity contribution in [1.82, 2.24) is 4.90 Å². The Morgan fingerprint density at radius 1 is 1.03 bits per heavy atom. The summed E-state index contributed by atoms with van der Waals surface area (Å²) in [6.45, 7) is 6.63. The minimum absolute atomic E-state index is 0.183. The molecule has 0 bridgehead atoms. The van der Waals surface area contributed by atoms with Gasteiger partial charge in [0.2, 0.25) is 0 Å². The van der Waals surface area contributed by atoms with Gasteiger partial charge in [0.25, 0.3) is 11.1 Å². The summed E-state index contributed by atoms with van der Waals surface area (Å²) in [6, 6.07) is 11.4. The first-order valence-corrected chi connectivity index (χ1v) is 10.9. The summed E-state index contributed by atoms with van der Waals surface area (Å²) in [4.78, 5) is 26.8. The van der Waals surface area contributed by atoms with Gasteiger partial charge >= 0.3 is 0 Å². The number of methoxy groups -OCH3 is 2. The molecule has 1 aliphatic heterocycles. The maximum absolute atomic E-state index is 12.8. The Bertz CT molecular complexity index is 1020. The number of hydrogen-bond acceptors (Lipinski definition) is 6. The lowest BCUT2D eigenvalue weighted by molar-refractivity contribution is -0.123. The second kappa shape index (κ2) is 9.92. The summed E-state index contributed by atoms with van der Waals surface area (Å²) in [5.41, 5.74) is 2.87. The molecule has 3 rings (SSSR count). The molecule has 0 N–H and O–H groups in total. The van der Waals surface area contributed by atoms with Gasteiger partial charge in [0.1, 0.15) is 23.9 Å². The van der Waals surface area contributed by atoms with Gasteiger partial charge in [0.05, 0.1) is 25.7 Å². The Labute approximate surface area is 187 Å². The van der Waals surface area contributed by atoms with Crippen LogP contribution in [0.2, 0.25) is 0 Å². The number of nitrogens with zero attached hydrogens (tertiary/aromatic N) is 1. The average Bonchev–Trinajstić information content (AvgIpc) is 3.00. The molecule has 6 nitrogen and oxygen atoms in total. The summed E-state index contributed by atoms with van der Waals surface area (Å²) < 4.78 is 16.6. The first kappa shape index (κ1) is 22.7. The minimum Gasteiger partial charge on any atom is -0.497 e. The Hall–Kier alpha value is -2.93. The molecule has 0 aromatic heterocycles. The van der Waals surface area contributed by atoms with Crippen molar-refractivity contribution >= 4 is 29.0 Å². The number of thioether (sulfide) groups is 1. The number of benzene rings is 2. The zero-order valence-corrected chi connectivity index (χ0v) is 19.2. The van der Waals surface area contributed by atoms with E-state index in [4.69, 9.17) is 14.2 Å². The van der Waals surface area contributed by atoms with Crippen LogP contribution in [0.15, 0.2) is 41.3 Å². The molecule has 31 heavy (non-hydrogen) atoms. The van der Waals surface area contributed by atoms with Gasteiger partial charge in [-0.1, -0.05) is 26.0 Å². The molecule has 0 radical (unpaired) electrons. The molecule has 1 fully saturated rings. The third-order valence-corrected chi connectivity index (χ3v) is 5.87. The van der Waals surface area contributed by atoms with Gasteiger partial charge in [-0.2, -0.15) is 0 Å². The Morgan fingerprint density at radius 3 is 2.48 bits per heavy atom. The van der Waals surface area contributed by atoms with Crippen LogP contribution in [0.5, 0.6) is 17.2 Å². The standard InChI is InChI=1S/C24H27NO5S/c1-15(2)19-8-6-16(3)12-21(19)30-11-10-25-23(26)22(31-24(25)27)14-17-13-18(28-4)7-9-20(17)29-5/h6-9,12-15H,10-11H2,1-5H3/b22-14-. The highest BCUT2D eigenvalue weighted by Crippen LogP contribution is 2.35. The van der Waals surface area contributed by atoms with E-state index in [1.165, 1.54) is 4.90 Å². The van der Waals surface area contributed by atoms with Gasteiger partial charge in [0, 0.05) is 5.56 Å². The van der Waals surface area contributed by atoms with Crippen LogP contribution in [0.4, 0.5) is 4.79 Å². The summed E-state index contributed by atoms with van der Waals surface area (Å²) in [5.74, 6) is 2.00. The average molecular weight is 442 g/mol. The molecule has 1 heterocycles. The van der Waals surface area contributed by atoms with E-state index in [0.29, 0.717) is 27.9 Å². The first-order valence-electron chi connectivity index (χ1n) is 10.0. The lowest BCUT2D eigenvalue weighted by Crippen LogP contribution is -2.32. The lowest BCUT2D eigenvalue weighted by Gasteiger charge is -2.17. The molecule has 2 aromatic rings. The van der Waals surface area contributed by atoms with E-state index >= 15 is 0 Å². The van der Waals surface area contributed by atoms with Crippen molar-refractivity contribution in [3.05, 3.63) is 58.0 Å². The first-order chi connectivity index (χ1) is 14.8. The van der Waals surface area contributed by atoms with Crippen LogP contribution >= 0.6 is 11.8 Å². The number of ether oxygens (including phenoxy) is 3. The van der Waals surface area contributed by atoms with Gasteiger partial charge in [-0.05, 0) is 66.1 Å². The van der Waals surface area contributed by atoms with Crippen molar-refractivity contribution in [2.24, 2.45) is 0 Å². The summed E-state index contributed by atoms with van der Waals surface area (Å²) in [7, 11) is 3.12. The number of hydrogen-bond donors (Lipinski definition) is 0. The lowest BCUT2D eigenvalue weighted by atomic mass is 10.0. The van der Waals surface area contributed by atoms with Gasteiger partial charge in [0.15, 0.2) is 0 Å². The largest absolute Gasteiger partial charge is 0.497 e. The van der Waals surface area contributed by atoms with Gasteiger partial charge in [-0.15, -0.1) is 0 Å². The second-order valence-corrected chi connectivity index (χ2v) is 8.48. The van der Waals surface area contributed by atoms with Crippen molar-refractivity contribution < 1.29 is 23.8 Å². The van der Waals surface area contributed by atoms with Crippen molar-refractivity contribution in [1.29, 1.82) is 0 Å². The molecular weight excluding hydrogens is 414 g/mol. The molecule has 0 spiro atoms. The Morgan fingerprint density at radius 2 is 1.81 bits per heavy atom. The predicted octanol–water partition coefficient (Wildman–Crippen LogP) is 5.25. The maximum Gasteiger partial charge on any atom is 0.293 e.